The standard InChI is InChI=1S/C14H22N4O3/c1-2-18-9-11(8-16-18)17-14(21)15-7-10-5-3-4-6-12(10)13(19)20/h8-10,12H,2-7H2,1H3,(H,19,20)(H2,15,17,21). The number of hydrogen-bond acceptors (Lipinski definition) is 3. The second-order valence-corrected chi connectivity index (χ2v) is 5.41. The zero-order valence-electron chi connectivity index (χ0n) is 12.2. The zero-order chi connectivity index (χ0) is 15.2. The van der Waals surface area contributed by atoms with Crippen LogP contribution in [0.25, 0.3) is 0 Å². The molecule has 1 heterocycles. The molecule has 1 aromatic rings. The first-order valence-corrected chi connectivity index (χ1v) is 7.40. The molecule has 0 spiro atoms. The Morgan fingerprint density at radius 2 is 2.19 bits per heavy atom. The van der Waals surface area contributed by atoms with Gasteiger partial charge in [-0.1, -0.05) is 12.8 Å². The van der Waals surface area contributed by atoms with Gasteiger partial charge in [0.15, 0.2) is 0 Å². The van der Waals surface area contributed by atoms with E-state index in [0.717, 1.165) is 25.8 Å². The van der Waals surface area contributed by atoms with Gasteiger partial charge in [0.25, 0.3) is 0 Å². The molecule has 7 nitrogen and oxygen atoms in total. The van der Waals surface area contributed by atoms with Gasteiger partial charge in [-0.3, -0.25) is 9.48 Å². The van der Waals surface area contributed by atoms with Crippen molar-refractivity contribution in [2.24, 2.45) is 11.8 Å². The van der Waals surface area contributed by atoms with Crippen molar-refractivity contribution < 1.29 is 14.7 Å². The molecular formula is C14H22N4O3. The molecule has 0 radical (unpaired) electrons. The molecule has 21 heavy (non-hydrogen) atoms. The minimum Gasteiger partial charge on any atom is -0.481 e. The van der Waals surface area contributed by atoms with Crippen molar-refractivity contribution in [1.29, 1.82) is 0 Å². The fraction of sp³-hybridized carbons (Fsp3) is 0.643. The van der Waals surface area contributed by atoms with E-state index in [9.17, 15) is 14.7 Å². The Bertz CT molecular complexity index is 500. The molecule has 1 aromatic heterocycles. The van der Waals surface area contributed by atoms with Crippen molar-refractivity contribution in [3.05, 3.63) is 12.4 Å². The van der Waals surface area contributed by atoms with Gasteiger partial charge in [-0.05, 0) is 25.7 Å². The van der Waals surface area contributed by atoms with Crippen LogP contribution < -0.4 is 10.6 Å². The Balaban J connectivity index is 1.81. The molecule has 1 saturated carbocycles. The highest BCUT2D eigenvalue weighted by atomic mass is 16.4. The summed E-state index contributed by atoms with van der Waals surface area (Å²) in [7, 11) is 0. The molecule has 2 unspecified atom stereocenters. The smallest absolute Gasteiger partial charge is 0.319 e. The number of hydrogen-bond donors (Lipinski definition) is 3. The highest BCUT2D eigenvalue weighted by Gasteiger charge is 2.30. The maximum absolute atomic E-state index is 11.8. The quantitative estimate of drug-likeness (QED) is 0.773. The summed E-state index contributed by atoms with van der Waals surface area (Å²) in [4.78, 5) is 23.0. The molecule has 116 valence electrons. The van der Waals surface area contributed by atoms with Crippen molar-refractivity contribution in [1.82, 2.24) is 15.1 Å². The summed E-state index contributed by atoms with van der Waals surface area (Å²) in [5, 5.41) is 18.7. The van der Waals surface area contributed by atoms with Gasteiger partial charge in [0.05, 0.1) is 17.8 Å². The lowest BCUT2D eigenvalue weighted by Gasteiger charge is -2.28. The number of carboxylic acid groups (broad SMARTS) is 1. The predicted octanol–water partition coefficient (Wildman–Crippen LogP) is 1.92. The molecule has 0 aliphatic heterocycles. The first-order chi connectivity index (χ1) is 10.1. The minimum absolute atomic E-state index is 0.0142. The van der Waals surface area contributed by atoms with Crippen LogP contribution in [-0.2, 0) is 11.3 Å². The van der Waals surface area contributed by atoms with Gasteiger partial charge >= 0.3 is 12.0 Å². The maximum Gasteiger partial charge on any atom is 0.319 e. The third-order valence-electron chi connectivity index (χ3n) is 3.97. The number of aryl methyl sites for hydroxylation is 1. The van der Waals surface area contributed by atoms with E-state index in [1.54, 1.807) is 17.1 Å². The average molecular weight is 294 g/mol. The monoisotopic (exact) mass is 294 g/mol. The van der Waals surface area contributed by atoms with Gasteiger partial charge in [-0.25, -0.2) is 4.79 Å². The second-order valence-electron chi connectivity index (χ2n) is 5.41. The van der Waals surface area contributed by atoms with E-state index < -0.39 is 5.97 Å². The number of amides is 2. The first kappa shape index (κ1) is 15.3. The van der Waals surface area contributed by atoms with Gasteiger partial charge < -0.3 is 15.7 Å². The summed E-state index contributed by atoms with van der Waals surface area (Å²) in [6.45, 7) is 3.10. The molecule has 7 heteroatoms. The van der Waals surface area contributed by atoms with Crippen molar-refractivity contribution in [3.63, 3.8) is 0 Å². The molecule has 2 atom stereocenters. The number of carboxylic acids is 1. The van der Waals surface area contributed by atoms with E-state index in [0.29, 0.717) is 18.7 Å². The van der Waals surface area contributed by atoms with Gasteiger partial charge in [-0.2, -0.15) is 5.10 Å². The summed E-state index contributed by atoms with van der Waals surface area (Å²) < 4.78 is 1.72. The van der Waals surface area contributed by atoms with E-state index >= 15 is 0 Å². The summed E-state index contributed by atoms with van der Waals surface area (Å²) in [6, 6.07) is -0.319. The summed E-state index contributed by atoms with van der Waals surface area (Å²) >= 11 is 0. The Morgan fingerprint density at radius 1 is 1.43 bits per heavy atom. The number of aliphatic carboxylic acids is 1. The normalized spacial score (nSPS) is 21.8. The van der Waals surface area contributed by atoms with Crippen LogP contribution in [0, 0.1) is 11.8 Å². The SMILES string of the molecule is CCn1cc(NC(=O)NCC2CCCCC2C(=O)O)cn1. The van der Waals surface area contributed by atoms with Crippen molar-refractivity contribution in [2.45, 2.75) is 39.2 Å². The molecule has 0 aromatic carbocycles. The lowest BCUT2D eigenvalue weighted by atomic mass is 9.79. The number of urea groups is 1. The van der Waals surface area contributed by atoms with Crippen LogP contribution in [0.1, 0.15) is 32.6 Å². The van der Waals surface area contributed by atoms with Crippen molar-refractivity contribution >= 4 is 17.7 Å². The Hall–Kier alpha value is -2.05. The molecule has 3 N–H and O–H groups in total. The van der Waals surface area contributed by atoms with E-state index in [1.165, 1.54) is 0 Å². The zero-order valence-corrected chi connectivity index (χ0v) is 12.2. The third kappa shape index (κ3) is 4.21. The van der Waals surface area contributed by atoms with Crippen LogP contribution in [0.5, 0.6) is 0 Å². The van der Waals surface area contributed by atoms with Crippen LogP contribution in [0.4, 0.5) is 10.5 Å². The van der Waals surface area contributed by atoms with E-state index in [4.69, 9.17) is 0 Å². The van der Waals surface area contributed by atoms with E-state index in [1.807, 2.05) is 6.92 Å². The van der Waals surface area contributed by atoms with Crippen LogP contribution >= 0.6 is 0 Å². The number of nitrogens with one attached hydrogen (secondary N) is 2. The molecular weight excluding hydrogens is 272 g/mol. The van der Waals surface area contributed by atoms with Gasteiger partial charge in [0, 0.05) is 19.3 Å². The van der Waals surface area contributed by atoms with Crippen LogP contribution in [0.2, 0.25) is 0 Å². The number of anilines is 1. The van der Waals surface area contributed by atoms with Crippen LogP contribution in [0.3, 0.4) is 0 Å². The Kier molecular flexibility index (Phi) is 5.19. The largest absolute Gasteiger partial charge is 0.481 e. The summed E-state index contributed by atoms with van der Waals surface area (Å²) in [5.74, 6) is -1.09. The molecule has 1 aliphatic carbocycles. The molecule has 1 fully saturated rings. The summed E-state index contributed by atoms with van der Waals surface area (Å²) in [6.07, 6.45) is 6.87. The second kappa shape index (κ2) is 7.10. The molecule has 2 rings (SSSR count). The van der Waals surface area contributed by atoms with Gasteiger partial charge in [0.2, 0.25) is 0 Å². The van der Waals surface area contributed by atoms with Crippen LogP contribution in [-0.4, -0.2) is 33.4 Å². The van der Waals surface area contributed by atoms with Crippen molar-refractivity contribution in [2.75, 3.05) is 11.9 Å². The number of carbonyl (C=O) groups excluding carboxylic acids is 1. The topological polar surface area (TPSA) is 96.2 Å². The minimum atomic E-state index is -0.758. The van der Waals surface area contributed by atoms with Crippen molar-refractivity contribution in [3.8, 4) is 0 Å². The molecule has 2 amide bonds. The lowest BCUT2D eigenvalue weighted by molar-refractivity contribution is -0.144. The lowest BCUT2D eigenvalue weighted by Crippen LogP contribution is -2.38. The third-order valence-corrected chi connectivity index (χ3v) is 3.97. The molecule has 1 aliphatic rings. The summed E-state index contributed by atoms with van der Waals surface area (Å²) in [5.41, 5.74) is 0.632. The fourth-order valence-electron chi connectivity index (χ4n) is 2.78. The first-order valence-electron chi connectivity index (χ1n) is 7.40. The highest BCUT2D eigenvalue weighted by molar-refractivity contribution is 5.88. The number of aromatic nitrogens is 2. The van der Waals surface area contributed by atoms with E-state index in [2.05, 4.69) is 15.7 Å². The molecule has 0 bridgehead atoms. The number of carbonyl (C=O) groups is 2. The van der Waals surface area contributed by atoms with Crippen LogP contribution in [0.15, 0.2) is 12.4 Å². The highest BCUT2D eigenvalue weighted by Crippen LogP contribution is 2.29. The Morgan fingerprint density at radius 3 is 2.86 bits per heavy atom. The van der Waals surface area contributed by atoms with Gasteiger partial charge in [-0.15, -0.1) is 0 Å². The number of nitrogens with zero attached hydrogens (tertiary/aromatic N) is 2. The fourth-order valence-corrected chi connectivity index (χ4v) is 2.78. The molecule has 0 saturated heterocycles. The van der Waals surface area contributed by atoms with Gasteiger partial charge in [0.1, 0.15) is 0 Å². The maximum atomic E-state index is 11.8. The predicted molar refractivity (Wildman–Crippen MR) is 78.0 cm³/mol. The Labute approximate surface area is 123 Å². The van der Waals surface area contributed by atoms with E-state index in [-0.39, 0.29) is 17.9 Å². The average Bonchev–Trinajstić information content (AvgIpc) is 2.93. The number of rotatable bonds is 5.